The molecule has 2 aromatic heterocycles. The van der Waals surface area contributed by atoms with Crippen LogP contribution in [-0.4, -0.2) is 26.0 Å². The molecule has 4 N–H and O–H groups in total. The van der Waals surface area contributed by atoms with Crippen LogP contribution in [0.25, 0.3) is 33.3 Å². The lowest BCUT2D eigenvalue weighted by molar-refractivity contribution is 0.100. The van der Waals surface area contributed by atoms with Crippen molar-refractivity contribution < 1.29 is 9.90 Å². The Morgan fingerprint density at radius 1 is 0.933 bits per heavy atom. The summed E-state index contributed by atoms with van der Waals surface area (Å²) in [7, 11) is 0. The fourth-order valence-electron chi connectivity index (χ4n) is 3.58. The van der Waals surface area contributed by atoms with E-state index >= 15 is 0 Å². The molecular formula is C24H18N4O2. The Hall–Kier alpha value is -4.19. The zero-order valence-electron chi connectivity index (χ0n) is 16.0. The van der Waals surface area contributed by atoms with E-state index in [1.807, 2.05) is 54.6 Å². The summed E-state index contributed by atoms with van der Waals surface area (Å²) in [6, 6.07) is 22.8. The van der Waals surface area contributed by atoms with Crippen LogP contribution < -0.4 is 5.73 Å². The Bertz CT molecular complexity index is 1400. The molecule has 0 radical (unpaired) electrons. The molecule has 0 spiro atoms. The second-order valence-electron chi connectivity index (χ2n) is 7.22. The monoisotopic (exact) mass is 394 g/mol. The molecule has 0 saturated heterocycles. The maximum atomic E-state index is 11.4. The lowest BCUT2D eigenvalue weighted by atomic mass is 10.0. The molecule has 146 valence electrons. The molecule has 5 rings (SSSR count). The number of aromatic hydroxyl groups is 1. The van der Waals surface area contributed by atoms with E-state index in [1.54, 1.807) is 18.2 Å². The Kier molecular flexibility index (Phi) is 4.17. The number of para-hydroxylation sites is 1. The predicted molar refractivity (Wildman–Crippen MR) is 116 cm³/mol. The number of nitrogens with zero attached hydrogens (tertiary/aromatic N) is 2. The van der Waals surface area contributed by atoms with Crippen molar-refractivity contribution in [1.29, 1.82) is 0 Å². The van der Waals surface area contributed by atoms with Crippen LogP contribution in [0.2, 0.25) is 0 Å². The van der Waals surface area contributed by atoms with Gasteiger partial charge in [-0.2, -0.15) is 0 Å². The third-order valence-corrected chi connectivity index (χ3v) is 5.17. The van der Waals surface area contributed by atoms with Gasteiger partial charge in [0.25, 0.3) is 0 Å². The molecule has 0 fully saturated rings. The highest BCUT2D eigenvalue weighted by atomic mass is 16.3. The topological polar surface area (TPSA) is 105 Å². The third-order valence-electron chi connectivity index (χ3n) is 5.17. The number of amides is 1. The Balaban J connectivity index is 1.42. The molecule has 0 aliphatic heterocycles. The number of hydrogen-bond acceptors (Lipinski definition) is 4. The molecule has 0 bridgehead atoms. The molecule has 2 heterocycles. The number of aromatic amines is 1. The summed E-state index contributed by atoms with van der Waals surface area (Å²) >= 11 is 0. The average molecular weight is 394 g/mol. The van der Waals surface area contributed by atoms with E-state index in [9.17, 15) is 9.90 Å². The van der Waals surface area contributed by atoms with E-state index in [-0.39, 0.29) is 5.88 Å². The van der Waals surface area contributed by atoms with Crippen LogP contribution in [0, 0.1) is 0 Å². The van der Waals surface area contributed by atoms with Crippen molar-refractivity contribution in [3.05, 3.63) is 89.5 Å². The van der Waals surface area contributed by atoms with Crippen LogP contribution in [0.5, 0.6) is 5.88 Å². The molecule has 3 aromatic carbocycles. The number of primary amides is 1. The fourth-order valence-corrected chi connectivity index (χ4v) is 3.58. The number of pyridine rings is 1. The molecule has 6 nitrogen and oxygen atoms in total. The molecule has 1 amide bonds. The number of fused-ring (bicyclic) bond motifs is 2. The van der Waals surface area contributed by atoms with Crippen LogP contribution in [-0.2, 0) is 6.42 Å². The molecule has 0 aliphatic carbocycles. The van der Waals surface area contributed by atoms with Gasteiger partial charge in [0.2, 0.25) is 11.8 Å². The number of H-pyrrole nitrogens is 1. The molecule has 30 heavy (non-hydrogen) atoms. The van der Waals surface area contributed by atoms with E-state index in [0.29, 0.717) is 23.3 Å². The van der Waals surface area contributed by atoms with E-state index in [2.05, 4.69) is 15.0 Å². The highest BCUT2D eigenvalue weighted by molar-refractivity contribution is 5.96. The van der Waals surface area contributed by atoms with Crippen molar-refractivity contribution >= 4 is 27.8 Å². The van der Waals surface area contributed by atoms with Gasteiger partial charge < -0.3 is 15.8 Å². The number of hydrogen-bond donors (Lipinski definition) is 3. The zero-order valence-corrected chi connectivity index (χ0v) is 16.0. The number of nitrogens with one attached hydrogen (secondary N) is 1. The van der Waals surface area contributed by atoms with Gasteiger partial charge in [-0.3, -0.25) is 4.79 Å². The summed E-state index contributed by atoms with van der Waals surface area (Å²) in [4.78, 5) is 23.5. The van der Waals surface area contributed by atoms with Gasteiger partial charge in [-0.15, -0.1) is 0 Å². The molecule has 0 saturated carbocycles. The molecule has 0 atom stereocenters. The van der Waals surface area contributed by atoms with Gasteiger partial charge in [0.1, 0.15) is 5.82 Å². The number of nitrogens with two attached hydrogens (primary N) is 1. The second-order valence-corrected chi connectivity index (χ2v) is 7.22. The van der Waals surface area contributed by atoms with Crippen LogP contribution in [0.4, 0.5) is 0 Å². The first-order valence-electron chi connectivity index (χ1n) is 9.53. The van der Waals surface area contributed by atoms with Gasteiger partial charge in [0.05, 0.1) is 16.6 Å². The Morgan fingerprint density at radius 3 is 2.53 bits per heavy atom. The van der Waals surface area contributed by atoms with E-state index < -0.39 is 5.91 Å². The van der Waals surface area contributed by atoms with Crippen molar-refractivity contribution in [2.24, 2.45) is 5.73 Å². The highest BCUT2D eigenvalue weighted by Gasteiger charge is 2.10. The largest absolute Gasteiger partial charge is 0.493 e. The number of aromatic nitrogens is 3. The molecule has 5 aromatic rings. The van der Waals surface area contributed by atoms with Gasteiger partial charge in [0.15, 0.2) is 0 Å². The number of carbonyl (C=O) groups excluding carboxylic acids is 1. The lowest BCUT2D eigenvalue weighted by Crippen LogP contribution is -2.10. The second kappa shape index (κ2) is 7.00. The zero-order chi connectivity index (χ0) is 20.7. The normalized spacial score (nSPS) is 11.2. The van der Waals surface area contributed by atoms with Crippen molar-refractivity contribution in [2.45, 2.75) is 6.42 Å². The number of rotatable bonds is 4. The number of imidazole rings is 1. The first-order chi connectivity index (χ1) is 14.6. The Labute approximate surface area is 172 Å². The quantitative estimate of drug-likeness (QED) is 0.425. The van der Waals surface area contributed by atoms with Crippen LogP contribution in [0.1, 0.15) is 21.5 Å². The summed E-state index contributed by atoms with van der Waals surface area (Å²) in [5.74, 6) is 0.297. The van der Waals surface area contributed by atoms with E-state index in [1.165, 1.54) is 0 Å². The van der Waals surface area contributed by atoms with Gasteiger partial charge in [0, 0.05) is 28.5 Å². The van der Waals surface area contributed by atoms with E-state index in [4.69, 9.17) is 5.73 Å². The molecule has 0 unspecified atom stereocenters. The smallest absolute Gasteiger partial charge is 0.248 e. The summed E-state index contributed by atoms with van der Waals surface area (Å²) < 4.78 is 0. The van der Waals surface area contributed by atoms with Crippen LogP contribution in [0.15, 0.2) is 72.8 Å². The third kappa shape index (κ3) is 3.24. The van der Waals surface area contributed by atoms with Crippen molar-refractivity contribution in [2.75, 3.05) is 0 Å². The first kappa shape index (κ1) is 17.9. The van der Waals surface area contributed by atoms with Crippen LogP contribution >= 0.6 is 0 Å². The Morgan fingerprint density at radius 2 is 1.73 bits per heavy atom. The number of carbonyl (C=O) groups is 1. The summed E-state index contributed by atoms with van der Waals surface area (Å²) in [5, 5.41) is 11.3. The molecule has 6 heteroatoms. The maximum Gasteiger partial charge on any atom is 0.248 e. The van der Waals surface area contributed by atoms with Crippen molar-refractivity contribution in [1.82, 2.24) is 15.0 Å². The van der Waals surface area contributed by atoms with Gasteiger partial charge in [-0.25, -0.2) is 9.97 Å². The van der Waals surface area contributed by atoms with E-state index in [0.717, 1.165) is 33.1 Å². The predicted octanol–water partition coefficient (Wildman–Crippen LogP) is 4.17. The average Bonchev–Trinajstić information content (AvgIpc) is 3.18. The molecular weight excluding hydrogens is 376 g/mol. The molecule has 0 aliphatic rings. The lowest BCUT2D eigenvalue weighted by Gasteiger charge is -2.07. The minimum atomic E-state index is -0.475. The minimum Gasteiger partial charge on any atom is -0.493 e. The minimum absolute atomic E-state index is 0.0558. The SMILES string of the molecule is NC(=O)c1ccc2[nH]c(-c3ccc(Cc4cc5ccccc5nc4O)cc3)nc2c1. The standard InChI is InChI=1S/C24H18N4O2/c25-22(29)17-9-10-20-21(13-17)27-23(26-20)15-7-5-14(6-8-15)11-18-12-16-3-1-2-4-19(16)28-24(18)30/h1-10,12-13H,11H2,(H2,25,29)(H,26,27)(H,28,30). The maximum absolute atomic E-state index is 11.4. The highest BCUT2D eigenvalue weighted by Crippen LogP contribution is 2.26. The van der Waals surface area contributed by atoms with Gasteiger partial charge in [-0.05, 0) is 35.9 Å². The summed E-state index contributed by atoms with van der Waals surface area (Å²) in [6.45, 7) is 0. The fraction of sp³-hybridized carbons (Fsp3) is 0.0417. The first-order valence-corrected chi connectivity index (χ1v) is 9.53. The summed E-state index contributed by atoms with van der Waals surface area (Å²) in [5.41, 5.74) is 10.8. The summed E-state index contributed by atoms with van der Waals surface area (Å²) in [6.07, 6.45) is 0.575. The van der Waals surface area contributed by atoms with Gasteiger partial charge in [-0.1, -0.05) is 42.5 Å². The van der Waals surface area contributed by atoms with Crippen LogP contribution in [0.3, 0.4) is 0 Å². The van der Waals surface area contributed by atoms with Crippen molar-refractivity contribution in [3.63, 3.8) is 0 Å². The van der Waals surface area contributed by atoms with Crippen molar-refractivity contribution in [3.8, 4) is 17.3 Å². The number of benzene rings is 3. The van der Waals surface area contributed by atoms with Gasteiger partial charge >= 0.3 is 0 Å².